The molecule has 0 bridgehead atoms. The van der Waals surface area contributed by atoms with Gasteiger partial charge in [0.15, 0.2) is 11.0 Å². The molecule has 0 aliphatic rings. The number of para-hydroxylation sites is 1. The molecule has 0 saturated carbocycles. The number of nitrogens with zero attached hydrogens (tertiary/aromatic N) is 1. The summed E-state index contributed by atoms with van der Waals surface area (Å²) in [6.07, 6.45) is -4.16. The van der Waals surface area contributed by atoms with Gasteiger partial charge in [0.1, 0.15) is 11.6 Å². The number of fused-ring (bicyclic) bond motifs is 1. The van der Waals surface area contributed by atoms with Gasteiger partial charge in [-0.2, -0.15) is 0 Å². The van der Waals surface area contributed by atoms with Gasteiger partial charge in [-0.3, -0.25) is 0 Å². The molecule has 0 amide bonds. The molecule has 9 heteroatoms. The van der Waals surface area contributed by atoms with Crippen molar-refractivity contribution in [1.82, 2.24) is 4.98 Å². The predicted molar refractivity (Wildman–Crippen MR) is 96.8 cm³/mol. The first kappa shape index (κ1) is 18.6. The summed E-state index contributed by atoms with van der Waals surface area (Å²) < 4.78 is 15.0. The molecule has 0 radical (unpaired) electrons. The standard InChI is InChI=1S/C18H15NO7S/c1-10(24-17(20)21)15(26-18(22)23)27-16-19-14-12(8-5-9-13(14)25-16)11-6-3-2-4-7-11/h2-10,15H,1H3,(H,20,21)(H,22,23). The topological polar surface area (TPSA) is 119 Å². The van der Waals surface area contributed by atoms with Crippen LogP contribution < -0.4 is 0 Å². The molecule has 1 heterocycles. The van der Waals surface area contributed by atoms with Crippen molar-refractivity contribution in [3.63, 3.8) is 0 Å². The number of thioether (sulfide) groups is 1. The number of hydrogen-bond acceptors (Lipinski definition) is 7. The normalized spacial score (nSPS) is 13.1. The van der Waals surface area contributed by atoms with Crippen LogP contribution in [0.5, 0.6) is 0 Å². The summed E-state index contributed by atoms with van der Waals surface area (Å²) in [4.78, 5) is 26.1. The Morgan fingerprint density at radius 3 is 2.41 bits per heavy atom. The highest BCUT2D eigenvalue weighted by molar-refractivity contribution is 7.99. The Morgan fingerprint density at radius 2 is 1.74 bits per heavy atom. The molecule has 2 aromatic carbocycles. The van der Waals surface area contributed by atoms with E-state index < -0.39 is 23.9 Å². The molecule has 0 aliphatic carbocycles. The van der Waals surface area contributed by atoms with Gasteiger partial charge in [-0.1, -0.05) is 42.5 Å². The predicted octanol–water partition coefficient (Wildman–Crippen LogP) is 4.69. The number of rotatable bonds is 6. The number of aromatic nitrogens is 1. The monoisotopic (exact) mass is 389 g/mol. The van der Waals surface area contributed by atoms with Gasteiger partial charge in [0.2, 0.25) is 0 Å². The van der Waals surface area contributed by atoms with Gasteiger partial charge < -0.3 is 24.1 Å². The molecule has 0 fully saturated rings. The zero-order chi connectivity index (χ0) is 19.4. The van der Waals surface area contributed by atoms with Crippen molar-refractivity contribution in [2.45, 2.75) is 23.7 Å². The average molecular weight is 389 g/mol. The van der Waals surface area contributed by atoms with Crippen molar-refractivity contribution in [1.29, 1.82) is 0 Å². The van der Waals surface area contributed by atoms with Crippen molar-refractivity contribution < 1.29 is 33.7 Å². The molecular weight excluding hydrogens is 374 g/mol. The van der Waals surface area contributed by atoms with Crippen LogP contribution in [0.1, 0.15) is 6.92 Å². The van der Waals surface area contributed by atoms with E-state index >= 15 is 0 Å². The van der Waals surface area contributed by atoms with E-state index in [-0.39, 0.29) is 5.22 Å². The Bertz CT molecular complexity index is 957. The Kier molecular flexibility index (Phi) is 5.51. The van der Waals surface area contributed by atoms with Crippen molar-refractivity contribution in [2.24, 2.45) is 0 Å². The van der Waals surface area contributed by atoms with Gasteiger partial charge in [0.25, 0.3) is 5.22 Å². The third-order valence-corrected chi connectivity index (χ3v) is 4.68. The van der Waals surface area contributed by atoms with E-state index in [4.69, 9.17) is 19.4 Å². The van der Waals surface area contributed by atoms with E-state index in [0.29, 0.717) is 11.1 Å². The lowest BCUT2D eigenvalue weighted by molar-refractivity contribution is -0.000505. The molecule has 3 aromatic rings. The lowest BCUT2D eigenvalue weighted by atomic mass is 10.0. The van der Waals surface area contributed by atoms with Crippen LogP contribution >= 0.6 is 11.8 Å². The van der Waals surface area contributed by atoms with Crippen molar-refractivity contribution in [2.75, 3.05) is 0 Å². The number of carbonyl (C=O) groups is 2. The second-order valence-corrected chi connectivity index (χ2v) is 6.51. The summed E-state index contributed by atoms with van der Waals surface area (Å²) in [5, 5.41) is 17.8. The molecule has 27 heavy (non-hydrogen) atoms. The minimum absolute atomic E-state index is 0.139. The van der Waals surface area contributed by atoms with Gasteiger partial charge in [-0.05, 0) is 30.3 Å². The Morgan fingerprint density at radius 1 is 1.04 bits per heavy atom. The molecule has 3 rings (SSSR count). The third kappa shape index (κ3) is 4.50. The molecule has 1 aromatic heterocycles. The maximum absolute atomic E-state index is 10.9. The van der Waals surface area contributed by atoms with Crippen molar-refractivity contribution >= 4 is 35.2 Å². The van der Waals surface area contributed by atoms with Gasteiger partial charge >= 0.3 is 12.3 Å². The van der Waals surface area contributed by atoms with Crippen LogP contribution in [0.25, 0.3) is 22.2 Å². The highest BCUT2D eigenvalue weighted by Crippen LogP contribution is 2.34. The van der Waals surface area contributed by atoms with E-state index in [1.807, 2.05) is 42.5 Å². The van der Waals surface area contributed by atoms with Crippen LogP contribution in [0.2, 0.25) is 0 Å². The molecule has 0 spiro atoms. The fraction of sp³-hybridized carbons (Fsp3) is 0.167. The maximum atomic E-state index is 10.9. The van der Waals surface area contributed by atoms with Crippen LogP contribution in [0.3, 0.4) is 0 Å². The zero-order valence-corrected chi connectivity index (χ0v) is 14.9. The van der Waals surface area contributed by atoms with Crippen LogP contribution in [-0.2, 0) is 9.47 Å². The number of carboxylic acid groups (broad SMARTS) is 2. The first-order valence-corrected chi connectivity index (χ1v) is 8.73. The lowest BCUT2D eigenvalue weighted by Gasteiger charge is -2.19. The maximum Gasteiger partial charge on any atom is 0.507 e. The molecule has 0 saturated heterocycles. The van der Waals surface area contributed by atoms with Crippen LogP contribution in [-0.4, -0.2) is 39.0 Å². The largest absolute Gasteiger partial charge is 0.507 e. The van der Waals surface area contributed by atoms with E-state index in [0.717, 1.165) is 22.9 Å². The molecule has 2 N–H and O–H groups in total. The molecular formula is C18H15NO7S. The number of ether oxygens (including phenoxy) is 2. The molecule has 0 aliphatic heterocycles. The average Bonchev–Trinajstić information content (AvgIpc) is 3.03. The van der Waals surface area contributed by atoms with E-state index in [1.54, 1.807) is 6.07 Å². The minimum atomic E-state index is -1.56. The lowest BCUT2D eigenvalue weighted by Crippen LogP contribution is -2.29. The highest BCUT2D eigenvalue weighted by Gasteiger charge is 2.28. The fourth-order valence-corrected chi connectivity index (χ4v) is 3.32. The summed E-state index contributed by atoms with van der Waals surface area (Å²) in [5.41, 5.74) is 1.75. The minimum Gasteiger partial charge on any atom is -0.450 e. The van der Waals surface area contributed by atoms with E-state index in [1.165, 1.54) is 6.92 Å². The molecule has 140 valence electrons. The second kappa shape index (κ2) is 8.00. The highest BCUT2D eigenvalue weighted by atomic mass is 32.2. The van der Waals surface area contributed by atoms with Gasteiger partial charge in [0.05, 0.1) is 0 Å². The zero-order valence-electron chi connectivity index (χ0n) is 14.1. The van der Waals surface area contributed by atoms with E-state index in [9.17, 15) is 9.59 Å². The smallest absolute Gasteiger partial charge is 0.450 e. The second-order valence-electron chi connectivity index (χ2n) is 5.46. The summed E-state index contributed by atoms with van der Waals surface area (Å²) in [7, 11) is 0. The third-order valence-electron chi connectivity index (χ3n) is 3.59. The van der Waals surface area contributed by atoms with E-state index in [2.05, 4.69) is 9.72 Å². The Labute approximate surface area is 157 Å². The van der Waals surface area contributed by atoms with Crippen LogP contribution in [0.15, 0.2) is 58.2 Å². The molecule has 2 unspecified atom stereocenters. The van der Waals surface area contributed by atoms with Gasteiger partial charge in [-0.15, -0.1) is 0 Å². The first-order chi connectivity index (χ1) is 12.9. The quantitative estimate of drug-likeness (QED) is 0.351. The van der Waals surface area contributed by atoms with Gasteiger partial charge in [0, 0.05) is 5.56 Å². The summed E-state index contributed by atoms with van der Waals surface area (Å²) in [5.74, 6) is 0. The van der Waals surface area contributed by atoms with Gasteiger partial charge in [-0.25, -0.2) is 14.6 Å². The number of benzene rings is 2. The van der Waals surface area contributed by atoms with Crippen LogP contribution in [0.4, 0.5) is 9.59 Å². The Balaban J connectivity index is 1.91. The van der Waals surface area contributed by atoms with Crippen molar-refractivity contribution in [3.8, 4) is 11.1 Å². The van der Waals surface area contributed by atoms with Crippen molar-refractivity contribution in [3.05, 3.63) is 48.5 Å². The van der Waals surface area contributed by atoms with Crippen LogP contribution in [0, 0.1) is 0 Å². The SMILES string of the molecule is CC(OC(=O)O)C(OC(=O)O)Sc1nc2c(-c3ccccc3)cccc2o1. The summed E-state index contributed by atoms with van der Waals surface area (Å²) >= 11 is 0.828. The molecule has 8 nitrogen and oxygen atoms in total. The fourth-order valence-electron chi connectivity index (χ4n) is 2.46. The first-order valence-electron chi connectivity index (χ1n) is 7.85. The number of hydrogen-bond donors (Lipinski definition) is 2. The summed E-state index contributed by atoms with van der Waals surface area (Å²) in [6, 6.07) is 15.1. The number of oxazole rings is 1. The summed E-state index contributed by atoms with van der Waals surface area (Å²) in [6.45, 7) is 1.38. The molecule has 2 atom stereocenters. The Hall–Kier alpha value is -3.20.